The van der Waals surface area contributed by atoms with Crippen LogP contribution in [-0.4, -0.2) is 45.7 Å². The van der Waals surface area contributed by atoms with Crippen molar-refractivity contribution in [3.05, 3.63) is 27.4 Å². The number of rotatable bonds is 3. The lowest BCUT2D eigenvalue weighted by molar-refractivity contribution is -0.139. The Bertz CT molecular complexity index is 745. The van der Waals surface area contributed by atoms with Gasteiger partial charge >= 0.3 is 11.9 Å². The zero-order valence-electron chi connectivity index (χ0n) is 11.1. The number of hydrogen-bond acceptors (Lipinski definition) is 7. The number of methoxy groups -OCH3 is 2. The predicted molar refractivity (Wildman–Crippen MR) is 65.4 cm³/mol. The molecule has 2 rings (SSSR count). The highest BCUT2D eigenvalue weighted by atomic mass is 16.5. The number of hydrogen-bond donors (Lipinski definition) is 1. The third kappa shape index (κ3) is 2.25. The highest BCUT2D eigenvalue weighted by Crippen LogP contribution is 2.04. The monoisotopic (exact) mass is 280 g/mol. The van der Waals surface area contributed by atoms with E-state index in [-0.39, 0.29) is 23.6 Å². The fourth-order valence-corrected chi connectivity index (χ4v) is 1.67. The van der Waals surface area contributed by atoms with Crippen molar-refractivity contribution in [2.75, 3.05) is 14.2 Å². The summed E-state index contributed by atoms with van der Waals surface area (Å²) in [7, 11) is 2.42. The molecule has 0 unspecified atom stereocenters. The van der Waals surface area contributed by atoms with E-state index in [4.69, 9.17) is 0 Å². The molecule has 0 bridgehead atoms. The molecule has 1 N–H and O–H groups in total. The van der Waals surface area contributed by atoms with Gasteiger partial charge < -0.3 is 14.5 Å². The number of carbonyl (C=O) groups excluding carboxylic acids is 2. The minimum Gasteiger partial charge on any atom is -0.469 e. The van der Waals surface area contributed by atoms with Crippen LogP contribution < -0.4 is 5.56 Å². The lowest BCUT2D eigenvalue weighted by atomic mass is 10.2. The van der Waals surface area contributed by atoms with E-state index in [9.17, 15) is 14.4 Å². The van der Waals surface area contributed by atoms with Gasteiger partial charge in [0.2, 0.25) is 5.78 Å². The number of carbonyl (C=O) groups is 2. The molecule has 0 saturated heterocycles. The van der Waals surface area contributed by atoms with Crippen LogP contribution >= 0.6 is 0 Å². The van der Waals surface area contributed by atoms with Gasteiger partial charge in [-0.25, -0.2) is 4.79 Å². The van der Waals surface area contributed by atoms with Crippen molar-refractivity contribution in [3.8, 4) is 0 Å². The highest BCUT2D eigenvalue weighted by molar-refractivity contribution is 5.85. The van der Waals surface area contributed by atoms with Crippen molar-refractivity contribution < 1.29 is 19.1 Å². The van der Waals surface area contributed by atoms with Crippen LogP contribution in [0, 0.1) is 6.92 Å². The molecule has 106 valence electrons. The first kappa shape index (κ1) is 13.7. The molecule has 2 aromatic rings. The summed E-state index contributed by atoms with van der Waals surface area (Å²) < 4.78 is 9.92. The predicted octanol–water partition coefficient (Wildman–Crippen LogP) is -0.772. The second kappa shape index (κ2) is 5.11. The molecule has 0 aromatic carbocycles. The van der Waals surface area contributed by atoms with Crippen molar-refractivity contribution in [1.82, 2.24) is 19.6 Å². The van der Waals surface area contributed by atoms with Gasteiger partial charge in [0.05, 0.1) is 20.6 Å². The first-order valence-electron chi connectivity index (χ1n) is 5.61. The van der Waals surface area contributed by atoms with E-state index in [1.165, 1.54) is 14.2 Å². The Kier molecular flexibility index (Phi) is 3.51. The molecule has 0 spiro atoms. The number of fused-ring (bicyclic) bond motifs is 1. The Morgan fingerprint density at radius 1 is 1.30 bits per heavy atom. The van der Waals surface area contributed by atoms with Gasteiger partial charge in [-0.2, -0.15) is 9.50 Å². The SMILES string of the molecule is COC(=O)Cc1c(C)[nH]c2nc(C(=O)OC)nn2c1=O. The van der Waals surface area contributed by atoms with Crippen LogP contribution in [0.1, 0.15) is 21.9 Å². The maximum Gasteiger partial charge on any atom is 0.378 e. The topological polar surface area (TPSA) is 116 Å². The van der Waals surface area contributed by atoms with Crippen LogP contribution in [-0.2, 0) is 20.7 Å². The van der Waals surface area contributed by atoms with Gasteiger partial charge in [0.25, 0.3) is 11.4 Å². The quantitative estimate of drug-likeness (QED) is 0.734. The standard InChI is InChI=1S/C11H12N4O5/c1-5-6(4-7(16)19-2)9(17)15-11(12-5)13-8(14-15)10(18)20-3/h4H2,1-3H3,(H,12,13,14). The van der Waals surface area contributed by atoms with Crippen LogP contribution in [0.25, 0.3) is 5.78 Å². The van der Waals surface area contributed by atoms with Crippen LogP contribution in [0.15, 0.2) is 4.79 Å². The first-order chi connectivity index (χ1) is 9.47. The molecule has 2 heterocycles. The Hall–Kier alpha value is -2.71. The van der Waals surface area contributed by atoms with E-state index in [2.05, 4.69) is 24.5 Å². The summed E-state index contributed by atoms with van der Waals surface area (Å²) in [6.45, 7) is 1.62. The lowest BCUT2D eigenvalue weighted by Crippen LogP contribution is -2.24. The Labute approximate surface area is 112 Å². The van der Waals surface area contributed by atoms with Crippen molar-refractivity contribution in [3.63, 3.8) is 0 Å². The smallest absolute Gasteiger partial charge is 0.378 e. The van der Waals surface area contributed by atoms with Gasteiger partial charge in [-0.1, -0.05) is 0 Å². The minimum atomic E-state index is -0.756. The molecule has 0 aliphatic heterocycles. The van der Waals surface area contributed by atoms with Gasteiger partial charge in [0.15, 0.2) is 0 Å². The summed E-state index contributed by atoms with van der Waals surface area (Å²) in [5, 5.41) is 3.75. The van der Waals surface area contributed by atoms with Gasteiger partial charge in [0, 0.05) is 11.3 Å². The molecule has 0 aliphatic carbocycles. The van der Waals surface area contributed by atoms with Gasteiger partial charge in [-0.05, 0) is 6.92 Å². The third-order valence-electron chi connectivity index (χ3n) is 2.73. The molecular weight excluding hydrogens is 268 g/mol. The zero-order valence-corrected chi connectivity index (χ0v) is 11.1. The molecule has 0 amide bonds. The van der Waals surface area contributed by atoms with E-state index >= 15 is 0 Å². The van der Waals surface area contributed by atoms with E-state index < -0.39 is 17.5 Å². The number of ether oxygens (including phenoxy) is 2. The number of esters is 2. The fourth-order valence-electron chi connectivity index (χ4n) is 1.67. The fraction of sp³-hybridized carbons (Fsp3) is 0.364. The summed E-state index contributed by atoms with van der Waals surface area (Å²) in [4.78, 5) is 41.5. The van der Waals surface area contributed by atoms with E-state index in [1.807, 2.05) is 0 Å². The molecule has 20 heavy (non-hydrogen) atoms. The number of aryl methyl sites for hydroxylation is 1. The molecule has 0 aliphatic rings. The number of nitrogens with zero attached hydrogens (tertiary/aromatic N) is 3. The average Bonchev–Trinajstić information content (AvgIpc) is 2.86. The number of H-pyrrole nitrogens is 1. The maximum atomic E-state index is 12.2. The average molecular weight is 280 g/mol. The minimum absolute atomic E-state index is 0.0986. The summed E-state index contributed by atoms with van der Waals surface area (Å²) >= 11 is 0. The first-order valence-corrected chi connectivity index (χ1v) is 5.61. The molecule has 0 atom stereocenters. The summed E-state index contributed by atoms with van der Waals surface area (Å²) in [5.74, 6) is -1.45. The van der Waals surface area contributed by atoms with Crippen LogP contribution in [0.2, 0.25) is 0 Å². The van der Waals surface area contributed by atoms with Crippen LogP contribution in [0.5, 0.6) is 0 Å². The van der Waals surface area contributed by atoms with Crippen molar-refractivity contribution >= 4 is 17.7 Å². The highest BCUT2D eigenvalue weighted by Gasteiger charge is 2.19. The largest absolute Gasteiger partial charge is 0.469 e. The van der Waals surface area contributed by atoms with Crippen LogP contribution in [0.3, 0.4) is 0 Å². The van der Waals surface area contributed by atoms with E-state index in [0.717, 1.165) is 4.52 Å². The third-order valence-corrected chi connectivity index (χ3v) is 2.73. The molecule has 0 saturated carbocycles. The Morgan fingerprint density at radius 2 is 2.00 bits per heavy atom. The van der Waals surface area contributed by atoms with E-state index in [0.29, 0.717) is 5.69 Å². The molecule has 0 fully saturated rings. The lowest BCUT2D eigenvalue weighted by Gasteiger charge is -2.03. The Balaban J connectivity index is 2.60. The molecule has 2 aromatic heterocycles. The molecule has 9 heteroatoms. The summed E-state index contributed by atoms with van der Waals surface area (Å²) in [6, 6.07) is 0. The maximum absolute atomic E-state index is 12.2. The number of aromatic amines is 1. The summed E-state index contributed by atoms with van der Waals surface area (Å²) in [5.41, 5.74) is 0.117. The van der Waals surface area contributed by atoms with Gasteiger partial charge in [0.1, 0.15) is 0 Å². The van der Waals surface area contributed by atoms with Gasteiger partial charge in [-0.15, -0.1) is 5.10 Å². The van der Waals surface area contributed by atoms with Crippen molar-refractivity contribution in [2.24, 2.45) is 0 Å². The number of aromatic nitrogens is 4. The Morgan fingerprint density at radius 3 is 2.60 bits per heavy atom. The van der Waals surface area contributed by atoms with E-state index in [1.54, 1.807) is 6.92 Å². The van der Waals surface area contributed by atoms with Crippen molar-refractivity contribution in [2.45, 2.75) is 13.3 Å². The zero-order chi connectivity index (χ0) is 14.9. The second-order valence-corrected chi connectivity index (χ2v) is 3.95. The normalized spacial score (nSPS) is 10.6. The molecule has 0 radical (unpaired) electrons. The molecule has 9 nitrogen and oxygen atoms in total. The molecular formula is C11H12N4O5. The summed E-state index contributed by atoms with van der Waals surface area (Å²) in [6.07, 6.45) is -0.193. The van der Waals surface area contributed by atoms with Crippen LogP contribution in [0.4, 0.5) is 0 Å². The van der Waals surface area contributed by atoms with Gasteiger partial charge in [-0.3, -0.25) is 9.59 Å². The number of nitrogens with one attached hydrogen (secondary N) is 1. The second-order valence-electron chi connectivity index (χ2n) is 3.95. The van der Waals surface area contributed by atoms with Crippen molar-refractivity contribution in [1.29, 1.82) is 0 Å².